The molecule has 2 aromatic carbocycles. The third-order valence-corrected chi connectivity index (χ3v) is 5.19. The molecule has 0 atom stereocenters. The Labute approximate surface area is 154 Å². The fraction of sp³-hybridized carbons (Fsp3) is 0.222. The van der Waals surface area contributed by atoms with Crippen LogP contribution in [0.25, 0.3) is 11.0 Å². The van der Waals surface area contributed by atoms with E-state index >= 15 is 0 Å². The number of rotatable bonds is 5. The van der Waals surface area contributed by atoms with Gasteiger partial charge in [-0.3, -0.25) is 13.9 Å². The Kier molecular flexibility index (Phi) is 5.20. The van der Waals surface area contributed by atoms with Gasteiger partial charge in [-0.05, 0) is 35.9 Å². The summed E-state index contributed by atoms with van der Waals surface area (Å²) in [5.41, 5.74) is 3.31. The van der Waals surface area contributed by atoms with Crippen LogP contribution in [0.5, 0.6) is 0 Å². The Hall–Kier alpha value is -2.18. The monoisotopic (exact) mass is 375 g/mol. The minimum Gasteiger partial charge on any atom is -0.325 e. The van der Waals surface area contributed by atoms with Crippen LogP contribution in [0.1, 0.15) is 5.56 Å². The van der Waals surface area contributed by atoms with Crippen LogP contribution in [-0.4, -0.2) is 20.8 Å². The molecule has 0 radical (unpaired) electrons. The molecule has 0 saturated heterocycles. The fourth-order valence-corrected chi connectivity index (χ4v) is 3.66. The Morgan fingerprint density at radius 2 is 1.88 bits per heavy atom. The molecule has 5 nitrogen and oxygen atoms in total. The van der Waals surface area contributed by atoms with E-state index in [0.717, 1.165) is 22.3 Å². The number of hydrogen-bond donors (Lipinski definition) is 1. The summed E-state index contributed by atoms with van der Waals surface area (Å²) < 4.78 is 3.15. The van der Waals surface area contributed by atoms with Gasteiger partial charge >= 0.3 is 5.69 Å². The van der Waals surface area contributed by atoms with Crippen LogP contribution >= 0.6 is 23.4 Å². The number of aryl methyl sites for hydroxylation is 2. The normalized spacial score (nSPS) is 11.0. The molecule has 0 aliphatic rings. The van der Waals surface area contributed by atoms with Crippen molar-refractivity contribution in [3.05, 3.63) is 63.5 Å². The van der Waals surface area contributed by atoms with Gasteiger partial charge in [-0.1, -0.05) is 23.7 Å². The van der Waals surface area contributed by atoms with Crippen LogP contribution in [-0.2, 0) is 24.6 Å². The zero-order valence-corrected chi connectivity index (χ0v) is 15.5. The lowest BCUT2D eigenvalue weighted by molar-refractivity contribution is -0.113. The van der Waals surface area contributed by atoms with E-state index in [2.05, 4.69) is 5.32 Å². The number of halogens is 1. The van der Waals surface area contributed by atoms with Gasteiger partial charge in [0.1, 0.15) is 0 Å². The van der Waals surface area contributed by atoms with Crippen LogP contribution in [0, 0.1) is 0 Å². The molecule has 3 rings (SSSR count). The largest absolute Gasteiger partial charge is 0.328 e. The number of carbonyl (C=O) groups excluding carboxylic acids is 1. The molecule has 3 aromatic rings. The fourth-order valence-electron chi connectivity index (χ4n) is 2.67. The highest BCUT2D eigenvalue weighted by molar-refractivity contribution is 7.99. The third kappa shape index (κ3) is 3.91. The quantitative estimate of drug-likeness (QED) is 0.743. The first-order valence-electron chi connectivity index (χ1n) is 7.73. The SMILES string of the molecule is Cn1c(=O)n(C)c2cc(NC(=O)CSCc3cccc(Cl)c3)ccc21. The van der Waals surface area contributed by atoms with Crippen molar-refractivity contribution in [3.63, 3.8) is 0 Å². The molecule has 0 unspecified atom stereocenters. The lowest BCUT2D eigenvalue weighted by atomic mass is 10.2. The molecule has 130 valence electrons. The van der Waals surface area contributed by atoms with Gasteiger partial charge in [0.05, 0.1) is 16.8 Å². The van der Waals surface area contributed by atoms with Crippen LogP contribution in [0.3, 0.4) is 0 Å². The smallest absolute Gasteiger partial charge is 0.325 e. The van der Waals surface area contributed by atoms with Gasteiger partial charge < -0.3 is 5.32 Å². The van der Waals surface area contributed by atoms with E-state index in [9.17, 15) is 9.59 Å². The van der Waals surface area contributed by atoms with Crippen molar-refractivity contribution in [1.82, 2.24) is 9.13 Å². The van der Waals surface area contributed by atoms with Gasteiger partial charge in [0.2, 0.25) is 5.91 Å². The summed E-state index contributed by atoms with van der Waals surface area (Å²) in [6.45, 7) is 0. The first-order valence-corrected chi connectivity index (χ1v) is 9.26. The Bertz CT molecular complexity index is 994. The number of hydrogen-bond acceptors (Lipinski definition) is 3. The molecule has 25 heavy (non-hydrogen) atoms. The van der Waals surface area contributed by atoms with Crippen molar-refractivity contribution in [2.75, 3.05) is 11.1 Å². The summed E-state index contributed by atoms with van der Waals surface area (Å²) in [4.78, 5) is 24.1. The lowest BCUT2D eigenvalue weighted by Gasteiger charge is -2.06. The van der Waals surface area contributed by atoms with E-state index in [1.165, 1.54) is 11.8 Å². The van der Waals surface area contributed by atoms with E-state index in [1.807, 2.05) is 36.4 Å². The average Bonchev–Trinajstić information content (AvgIpc) is 2.79. The van der Waals surface area contributed by atoms with E-state index in [4.69, 9.17) is 11.6 Å². The Morgan fingerprint density at radius 1 is 1.12 bits per heavy atom. The molecule has 0 saturated carbocycles. The maximum atomic E-state index is 12.1. The summed E-state index contributed by atoms with van der Waals surface area (Å²) in [7, 11) is 3.45. The standard InChI is InChI=1S/C18H18ClN3O2S/c1-21-15-7-6-14(9-16(15)22(2)18(21)24)20-17(23)11-25-10-12-4-3-5-13(19)8-12/h3-9H,10-11H2,1-2H3,(H,20,23). The molecule has 1 N–H and O–H groups in total. The van der Waals surface area contributed by atoms with Crippen LogP contribution in [0.4, 0.5) is 5.69 Å². The number of fused-ring (bicyclic) bond motifs is 1. The Balaban J connectivity index is 1.62. The molecule has 7 heteroatoms. The van der Waals surface area contributed by atoms with Crippen molar-refractivity contribution in [3.8, 4) is 0 Å². The number of nitrogens with zero attached hydrogens (tertiary/aromatic N) is 2. The van der Waals surface area contributed by atoms with Crippen molar-refractivity contribution in [2.45, 2.75) is 5.75 Å². The lowest BCUT2D eigenvalue weighted by Crippen LogP contribution is -2.19. The minimum atomic E-state index is -0.0875. The van der Waals surface area contributed by atoms with Gasteiger partial charge in [0.15, 0.2) is 0 Å². The first kappa shape index (κ1) is 17.6. The van der Waals surface area contributed by atoms with Crippen LogP contribution in [0.15, 0.2) is 47.3 Å². The first-order chi connectivity index (χ1) is 12.0. The zero-order chi connectivity index (χ0) is 18.0. The summed E-state index contributed by atoms with van der Waals surface area (Å²) in [6, 6.07) is 13.1. The molecule has 0 aliphatic heterocycles. The number of thioether (sulfide) groups is 1. The Morgan fingerprint density at radius 3 is 2.64 bits per heavy atom. The molecule has 0 spiro atoms. The number of anilines is 1. The van der Waals surface area contributed by atoms with E-state index in [1.54, 1.807) is 29.3 Å². The van der Waals surface area contributed by atoms with Crippen molar-refractivity contribution < 1.29 is 4.79 Å². The zero-order valence-electron chi connectivity index (χ0n) is 14.0. The van der Waals surface area contributed by atoms with Gasteiger partial charge in [-0.2, -0.15) is 0 Å². The summed E-state index contributed by atoms with van der Waals surface area (Å²) in [5.74, 6) is 0.991. The van der Waals surface area contributed by atoms with Gasteiger partial charge in [0.25, 0.3) is 0 Å². The van der Waals surface area contributed by atoms with E-state index in [0.29, 0.717) is 16.5 Å². The van der Waals surface area contributed by atoms with E-state index < -0.39 is 0 Å². The summed E-state index contributed by atoms with van der Waals surface area (Å²) in [6.07, 6.45) is 0. The highest BCUT2D eigenvalue weighted by atomic mass is 35.5. The molecule has 1 heterocycles. The van der Waals surface area contributed by atoms with Crippen molar-refractivity contribution >= 4 is 46.0 Å². The highest BCUT2D eigenvalue weighted by Crippen LogP contribution is 2.19. The maximum absolute atomic E-state index is 12.1. The predicted molar refractivity (Wildman–Crippen MR) is 104 cm³/mol. The molecule has 1 aromatic heterocycles. The van der Waals surface area contributed by atoms with Gasteiger partial charge in [0, 0.05) is 30.6 Å². The number of carbonyl (C=O) groups is 1. The van der Waals surface area contributed by atoms with Gasteiger partial charge in [-0.25, -0.2) is 4.79 Å². The predicted octanol–water partition coefficient (Wildman–Crippen LogP) is 3.40. The second kappa shape index (κ2) is 7.37. The van der Waals surface area contributed by atoms with Crippen LogP contribution < -0.4 is 11.0 Å². The maximum Gasteiger partial charge on any atom is 0.328 e. The summed E-state index contributed by atoms with van der Waals surface area (Å²) in [5, 5.41) is 3.58. The number of amides is 1. The average molecular weight is 376 g/mol. The van der Waals surface area contributed by atoms with Gasteiger partial charge in [-0.15, -0.1) is 11.8 Å². The van der Waals surface area contributed by atoms with Crippen LogP contribution in [0.2, 0.25) is 5.02 Å². The topological polar surface area (TPSA) is 56.0 Å². The number of benzene rings is 2. The number of nitrogens with one attached hydrogen (secondary N) is 1. The second-order valence-electron chi connectivity index (χ2n) is 5.77. The molecule has 0 bridgehead atoms. The minimum absolute atomic E-state index is 0.0766. The number of imidazole rings is 1. The third-order valence-electron chi connectivity index (χ3n) is 3.95. The highest BCUT2D eigenvalue weighted by Gasteiger charge is 2.09. The second-order valence-corrected chi connectivity index (χ2v) is 7.20. The molecular weight excluding hydrogens is 358 g/mol. The molecule has 0 fully saturated rings. The van der Waals surface area contributed by atoms with Crippen molar-refractivity contribution in [2.24, 2.45) is 14.1 Å². The molecule has 1 amide bonds. The molecular formula is C18H18ClN3O2S. The van der Waals surface area contributed by atoms with E-state index in [-0.39, 0.29) is 11.6 Å². The van der Waals surface area contributed by atoms with Crippen molar-refractivity contribution in [1.29, 1.82) is 0 Å². The summed E-state index contributed by atoms with van der Waals surface area (Å²) >= 11 is 7.48. The number of aromatic nitrogens is 2. The molecule has 0 aliphatic carbocycles.